The molecule has 0 aliphatic rings. The van der Waals surface area contributed by atoms with E-state index in [0.717, 1.165) is 12.1 Å². The third-order valence-corrected chi connectivity index (χ3v) is 2.48. The maximum Gasteiger partial charge on any atom is 0.417 e. The van der Waals surface area contributed by atoms with E-state index in [2.05, 4.69) is 0 Å². The fourth-order valence-corrected chi connectivity index (χ4v) is 1.56. The van der Waals surface area contributed by atoms with Crippen LogP contribution in [0.2, 0.25) is 0 Å². The highest BCUT2D eigenvalue weighted by molar-refractivity contribution is 5.91. The van der Waals surface area contributed by atoms with Gasteiger partial charge in [-0.15, -0.1) is 0 Å². The van der Waals surface area contributed by atoms with Gasteiger partial charge in [0.2, 0.25) is 0 Å². The number of imide groups is 1. The minimum Gasteiger partial charge on any atom is -0.504 e. The number of carboxylic acids is 1. The van der Waals surface area contributed by atoms with Gasteiger partial charge in [0, 0.05) is 6.42 Å². The first-order chi connectivity index (χ1) is 9.23. The molecule has 1 atom stereocenters. The van der Waals surface area contributed by atoms with E-state index in [1.54, 1.807) is 0 Å². The number of nitrogens with zero attached hydrogens (tertiary/aromatic N) is 1. The molecule has 0 unspecified atom stereocenters. The van der Waals surface area contributed by atoms with Crippen molar-refractivity contribution in [2.45, 2.75) is 12.5 Å². The standard InChI is InChI=1S/C11H11NO8/c13-7-2-1-5(4-8(7)14)3-6(9(15)16)12(10(17)18)11(19)20/h1-2,4,6,13-14H,3H2,(H,15,16)(H,17,18)(H,19,20)/t6-/m0/s1. The summed E-state index contributed by atoms with van der Waals surface area (Å²) in [5.41, 5.74) is 0.153. The van der Waals surface area contributed by atoms with E-state index in [0.29, 0.717) is 0 Å². The zero-order valence-corrected chi connectivity index (χ0v) is 9.92. The monoisotopic (exact) mass is 285 g/mol. The van der Waals surface area contributed by atoms with E-state index in [1.165, 1.54) is 6.07 Å². The highest BCUT2D eigenvalue weighted by Gasteiger charge is 2.35. The molecule has 9 heteroatoms. The Kier molecular flexibility index (Phi) is 4.36. The summed E-state index contributed by atoms with van der Waals surface area (Å²) in [5.74, 6) is -2.61. The zero-order valence-electron chi connectivity index (χ0n) is 9.92. The molecule has 1 aromatic carbocycles. The average molecular weight is 285 g/mol. The second kappa shape index (κ2) is 5.78. The van der Waals surface area contributed by atoms with Crippen LogP contribution in [0, 0.1) is 0 Å². The predicted octanol–water partition coefficient (Wildman–Crippen LogP) is 0.752. The van der Waals surface area contributed by atoms with Crippen LogP contribution in [0.4, 0.5) is 9.59 Å². The van der Waals surface area contributed by atoms with Crippen LogP contribution in [0.25, 0.3) is 0 Å². The molecule has 1 aromatic rings. The van der Waals surface area contributed by atoms with Gasteiger partial charge < -0.3 is 25.5 Å². The molecule has 0 aromatic heterocycles. The quantitative estimate of drug-likeness (QED) is 0.507. The van der Waals surface area contributed by atoms with Gasteiger partial charge in [-0.25, -0.2) is 14.4 Å². The number of phenols is 2. The van der Waals surface area contributed by atoms with Crippen LogP contribution in [-0.2, 0) is 11.2 Å². The molecule has 20 heavy (non-hydrogen) atoms. The van der Waals surface area contributed by atoms with Gasteiger partial charge in [0.15, 0.2) is 11.5 Å². The Morgan fingerprint density at radius 3 is 1.95 bits per heavy atom. The second-order valence-corrected chi connectivity index (χ2v) is 3.82. The van der Waals surface area contributed by atoms with Crippen LogP contribution in [0.5, 0.6) is 11.5 Å². The van der Waals surface area contributed by atoms with Gasteiger partial charge in [0.1, 0.15) is 6.04 Å². The lowest BCUT2D eigenvalue weighted by Gasteiger charge is -2.21. The first kappa shape index (κ1) is 15.1. The molecular weight excluding hydrogens is 274 g/mol. The summed E-state index contributed by atoms with van der Waals surface area (Å²) in [6.07, 6.45) is -4.33. The second-order valence-electron chi connectivity index (χ2n) is 3.82. The van der Waals surface area contributed by atoms with Crippen molar-refractivity contribution in [2.24, 2.45) is 0 Å². The summed E-state index contributed by atoms with van der Waals surface area (Å²) in [6.45, 7) is 0. The Labute approximate surface area is 111 Å². The summed E-state index contributed by atoms with van der Waals surface area (Å²) >= 11 is 0. The van der Waals surface area contributed by atoms with Crippen LogP contribution in [0.15, 0.2) is 18.2 Å². The first-order valence-corrected chi connectivity index (χ1v) is 5.22. The zero-order chi connectivity index (χ0) is 15.4. The lowest BCUT2D eigenvalue weighted by molar-refractivity contribution is -0.142. The van der Waals surface area contributed by atoms with Crippen molar-refractivity contribution >= 4 is 18.2 Å². The smallest absolute Gasteiger partial charge is 0.417 e. The first-order valence-electron chi connectivity index (χ1n) is 5.22. The molecule has 0 spiro atoms. The molecule has 0 saturated heterocycles. The van der Waals surface area contributed by atoms with E-state index in [9.17, 15) is 19.5 Å². The number of hydrogen-bond donors (Lipinski definition) is 5. The van der Waals surface area contributed by atoms with E-state index in [4.69, 9.17) is 20.4 Å². The highest BCUT2D eigenvalue weighted by atomic mass is 16.4. The Bertz CT molecular complexity index is 541. The van der Waals surface area contributed by atoms with Crippen molar-refractivity contribution in [3.63, 3.8) is 0 Å². The topological polar surface area (TPSA) is 156 Å². The van der Waals surface area contributed by atoms with Crippen LogP contribution in [0.3, 0.4) is 0 Å². The van der Waals surface area contributed by atoms with Gasteiger partial charge in [0.05, 0.1) is 0 Å². The Morgan fingerprint density at radius 2 is 1.55 bits per heavy atom. The number of hydrogen-bond acceptors (Lipinski definition) is 5. The van der Waals surface area contributed by atoms with E-state index < -0.39 is 42.1 Å². The minimum absolute atomic E-state index is 0.153. The molecule has 0 radical (unpaired) electrons. The molecule has 1 rings (SSSR count). The molecule has 0 saturated carbocycles. The maximum atomic E-state index is 11.0. The molecule has 0 heterocycles. The van der Waals surface area contributed by atoms with E-state index in [1.807, 2.05) is 0 Å². The van der Waals surface area contributed by atoms with Crippen molar-refractivity contribution < 1.29 is 39.9 Å². The lowest BCUT2D eigenvalue weighted by Crippen LogP contribution is -2.48. The van der Waals surface area contributed by atoms with Gasteiger partial charge in [-0.2, -0.15) is 4.90 Å². The third-order valence-electron chi connectivity index (χ3n) is 2.48. The number of amides is 2. The summed E-state index contributed by atoms with van der Waals surface area (Å²) in [6, 6.07) is 1.48. The van der Waals surface area contributed by atoms with Crippen molar-refractivity contribution in [3.8, 4) is 11.5 Å². The van der Waals surface area contributed by atoms with Crippen LogP contribution < -0.4 is 0 Å². The summed E-state index contributed by atoms with van der Waals surface area (Å²) in [5, 5.41) is 44.8. The molecule has 0 bridgehead atoms. The number of carboxylic acid groups (broad SMARTS) is 3. The largest absolute Gasteiger partial charge is 0.504 e. The molecule has 0 aliphatic heterocycles. The van der Waals surface area contributed by atoms with Crippen LogP contribution in [-0.4, -0.2) is 54.6 Å². The maximum absolute atomic E-state index is 11.0. The Balaban J connectivity index is 3.08. The number of benzene rings is 1. The number of phenolic OH excluding ortho intramolecular Hbond substituents is 2. The SMILES string of the molecule is O=C(O)[C@H](Cc1ccc(O)c(O)c1)N(C(=O)O)C(=O)O. The number of aromatic hydroxyl groups is 2. The summed E-state index contributed by atoms with van der Waals surface area (Å²) < 4.78 is 0. The highest BCUT2D eigenvalue weighted by Crippen LogP contribution is 2.26. The average Bonchev–Trinajstić information content (AvgIpc) is 2.31. The van der Waals surface area contributed by atoms with E-state index in [-0.39, 0.29) is 10.5 Å². The Hall–Kier alpha value is -2.97. The van der Waals surface area contributed by atoms with Crippen molar-refractivity contribution in [1.29, 1.82) is 0 Å². The van der Waals surface area contributed by atoms with Gasteiger partial charge >= 0.3 is 18.2 Å². The molecule has 108 valence electrons. The molecule has 2 amide bonds. The van der Waals surface area contributed by atoms with Gasteiger partial charge in [-0.3, -0.25) is 0 Å². The summed E-state index contributed by atoms with van der Waals surface area (Å²) in [4.78, 5) is 32.4. The van der Waals surface area contributed by atoms with Crippen LogP contribution >= 0.6 is 0 Å². The number of carbonyl (C=O) groups is 3. The van der Waals surface area contributed by atoms with Crippen molar-refractivity contribution in [2.75, 3.05) is 0 Å². The fourth-order valence-electron chi connectivity index (χ4n) is 1.56. The molecule has 0 fully saturated rings. The number of aliphatic carboxylic acids is 1. The van der Waals surface area contributed by atoms with Gasteiger partial charge in [-0.05, 0) is 17.7 Å². The van der Waals surface area contributed by atoms with Gasteiger partial charge in [0.25, 0.3) is 0 Å². The van der Waals surface area contributed by atoms with E-state index >= 15 is 0 Å². The lowest BCUT2D eigenvalue weighted by atomic mass is 10.0. The van der Waals surface area contributed by atoms with Crippen molar-refractivity contribution in [1.82, 2.24) is 4.90 Å². The molecular formula is C11H11NO8. The predicted molar refractivity (Wildman–Crippen MR) is 62.8 cm³/mol. The minimum atomic E-state index is -1.92. The normalized spacial score (nSPS) is 11.6. The number of rotatable bonds is 4. The fraction of sp³-hybridized carbons (Fsp3) is 0.182. The van der Waals surface area contributed by atoms with Crippen LogP contribution in [0.1, 0.15) is 5.56 Å². The van der Waals surface area contributed by atoms with Gasteiger partial charge in [-0.1, -0.05) is 6.07 Å². The molecule has 0 aliphatic carbocycles. The summed E-state index contributed by atoms with van der Waals surface area (Å²) in [7, 11) is 0. The molecule has 9 nitrogen and oxygen atoms in total. The Morgan fingerprint density at radius 1 is 1.00 bits per heavy atom. The molecule has 5 N–H and O–H groups in total. The van der Waals surface area contributed by atoms with Crippen molar-refractivity contribution in [3.05, 3.63) is 23.8 Å². The third kappa shape index (κ3) is 3.28.